The standard InChI is InChI=1S/C26H25NO3/c1-26(2)25(17-7-5-4-6-8-17)24(20-11-10-19(28-3)16-23(20)30-26)18-9-12-22-21(15-18)27-13-14-29-22/h4-12,15-16,27H,13-14H2,1-3H3. The number of fused-ring (bicyclic) bond motifs is 2. The fourth-order valence-electron chi connectivity index (χ4n) is 4.38. The zero-order chi connectivity index (χ0) is 20.7. The zero-order valence-electron chi connectivity index (χ0n) is 17.5. The zero-order valence-corrected chi connectivity index (χ0v) is 17.5. The third kappa shape index (κ3) is 3.09. The molecule has 0 saturated heterocycles. The first-order chi connectivity index (χ1) is 14.6. The predicted octanol–water partition coefficient (Wildman–Crippen LogP) is 5.63. The Bertz CT molecular complexity index is 1130. The van der Waals surface area contributed by atoms with Crippen LogP contribution in [0.2, 0.25) is 0 Å². The highest BCUT2D eigenvalue weighted by atomic mass is 16.5. The molecule has 1 N–H and O–H groups in total. The first-order valence-corrected chi connectivity index (χ1v) is 10.3. The van der Waals surface area contributed by atoms with Gasteiger partial charge in [-0.2, -0.15) is 0 Å². The Morgan fingerprint density at radius 1 is 0.900 bits per heavy atom. The first-order valence-electron chi connectivity index (χ1n) is 10.3. The summed E-state index contributed by atoms with van der Waals surface area (Å²) >= 11 is 0. The van der Waals surface area contributed by atoms with Crippen molar-refractivity contribution < 1.29 is 14.2 Å². The molecule has 0 saturated carbocycles. The molecule has 0 fully saturated rings. The van der Waals surface area contributed by atoms with Crippen molar-refractivity contribution in [3.8, 4) is 17.2 Å². The number of ether oxygens (including phenoxy) is 3. The molecule has 5 rings (SSSR count). The summed E-state index contributed by atoms with van der Waals surface area (Å²) in [6.45, 7) is 5.74. The summed E-state index contributed by atoms with van der Waals surface area (Å²) in [5.74, 6) is 2.51. The molecule has 152 valence electrons. The van der Waals surface area contributed by atoms with Gasteiger partial charge in [0.25, 0.3) is 0 Å². The minimum absolute atomic E-state index is 0.518. The molecule has 2 aliphatic heterocycles. The maximum atomic E-state index is 6.52. The largest absolute Gasteiger partial charge is 0.497 e. The molecule has 0 aromatic heterocycles. The topological polar surface area (TPSA) is 39.7 Å². The van der Waals surface area contributed by atoms with Gasteiger partial charge < -0.3 is 19.5 Å². The Hall–Kier alpha value is -3.40. The molecule has 4 nitrogen and oxygen atoms in total. The molecule has 4 heteroatoms. The second-order valence-electron chi connectivity index (χ2n) is 8.08. The molecule has 0 aliphatic carbocycles. The lowest BCUT2D eigenvalue weighted by Crippen LogP contribution is -2.34. The van der Waals surface area contributed by atoms with E-state index in [9.17, 15) is 0 Å². The molecule has 0 bridgehead atoms. The maximum Gasteiger partial charge on any atom is 0.142 e. The van der Waals surface area contributed by atoms with Crippen molar-refractivity contribution in [2.24, 2.45) is 0 Å². The van der Waals surface area contributed by atoms with Gasteiger partial charge in [-0.05, 0) is 49.2 Å². The maximum absolute atomic E-state index is 6.52. The molecule has 30 heavy (non-hydrogen) atoms. The molecule has 0 radical (unpaired) electrons. The molecule has 0 amide bonds. The number of rotatable bonds is 3. The van der Waals surface area contributed by atoms with Crippen molar-refractivity contribution >= 4 is 16.8 Å². The van der Waals surface area contributed by atoms with Gasteiger partial charge in [-0.1, -0.05) is 36.4 Å². The Morgan fingerprint density at radius 2 is 1.73 bits per heavy atom. The van der Waals surface area contributed by atoms with Crippen LogP contribution >= 0.6 is 0 Å². The number of methoxy groups -OCH3 is 1. The van der Waals surface area contributed by atoms with Crippen molar-refractivity contribution in [1.82, 2.24) is 0 Å². The Kier molecular flexibility index (Phi) is 4.43. The number of benzene rings is 3. The highest BCUT2D eigenvalue weighted by molar-refractivity contribution is 6.04. The van der Waals surface area contributed by atoms with Crippen LogP contribution in [0.4, 0.5) is 5.69 Å². The third-order valence-electron chi connectivity index (χ3n) is 5.68. The molecule has 0 atom stereocenters. The van der Waals surface area contributed by atoms with Crippen molar-refractivity contribution in [1.29, 1.82) is 0 Å². The Balaban J connectivity index is 1.80. The van der Waals surface area contributed by atoms with Crippen molar-refractivity contribution in [3.05, 3.63) is 83.4 Å². The second kappa shape index (κ2) is 7.13. The summed E-state index contributed by atoms with van der Waals surface area (Å²) in [4.78, 5) is 0. The van der Waals surface area contributed by atoms with Gasteiger partial charge in [-0.15, -0.1) is 0 Å². The van der Waals surface area contributed by atoms with E-state index in [1.165, 1.54) is 5.57 Å². The van der Waals surface area contributed by atoms with Crippen LogP contribution in [0.1, 0.15) is 30.5 Å². The van der Waals surface area contributed by atoms with Crippen LogP contribution in [0, 0.1) is 0 Å². The van der Waals surface area contributed by atoms with Crippen LogP contribution in [0.3, 0.4) is 0 Å². The predicted molar refractivity (Wildman–Crippen MR) is 120 cm³/mol. The van der Waals surface area contributed by atoms with E-state index in [2.05, 4.69) is 67.7 Å². The van der Waals surface area contributed by atoms with Gasteiger partial charge in [0, 0.05) is 29.3 Å². The van der Waals surface area contributed by atoms with E-state index in [0.29, 0.717) is 6.61 Å². The van der Waals surface area contributed by atoms with E-state index in [4.69, 9.17) is 14.2 Å². The normalized spacial score (nSPS) is 16.5. The Labute approximate surface area is 177 Å². The van der Waals surface area contributed by atoms with Crippen LogP contribution in [0.5, 0.6) is 17.2 Å². The molecule has 3 aromatic rings. The summed E-state index contributed by atoms with van der Waals surface area (Å²) in [6, 6.07) is 22.9. The average Bonchev–Trinajstić information content (AvgIpc) is 2.77. The minimum Gasteiger partial charge on any atom is -0.497 e. The summed E-state index contributed by atoms with van der Waals surface area (Å²) < 4.78 is 17.8. The lowest BCUT2D eigenvalue weighted by molar-refractivity contribution is 0.168. The van der Waals surface area contributed by atoms with Crippen LogP contribution in [0.25, 0.3) is 11.1 Å². The van der Waals surface area contributed by atoms with Gasteiger partial charge in [-0.3, -0.25) is 0 Å². The lowest BCUT2D eigenvalue weighted by Gasteiger charge is -2.38. The quantitative estimate of drug-likeness (QED) is 0.620. The van der Waals surface area contributed by atoms with Gasteiger partial charge in [0.05, 0.1) is 12.8 Å². The highest BCUT2D eigenvalue weighted by Gasteiger charge is 2.36. The van der Waals surface area contributed by atoms with Crippen molar-refractivity contribution in [2.75, 3.05) is 25.6 Å². The average molecular weight is 399 g/mol. The molecule has 3 aromatic carbocycles. The van der Waals surface area contributed by atoms with Gasteiger partial charge in [-0.25, -0.2) is 0 Å². The number of anilines is 1. The summed E-state index contributed by atoms with van der Waals surface area (Å²) in [6.07, 6.45) is 0. The van der Waals surface area contributed by atoms with E-state index in [1.54, 1.807) is 7.11 Å². The minimum atomic E-state index is -0.518. The molecular weight excluding hydrogens is 374 g/mol. The smallest absolute Gasteiger partial charge is 0.142 e. The van der Waals surface area contributed by atoms with Crippen molar-refractivity contribution in [2.45, 2.75) is 19.4 Å². The van der Waals surface area contributed by atoms with E-state index < -0.39 is 5.60 Å². The molecule has 2 aliphatic rings. The van der Waals surface area contributed by atoms with Crippen molar-refractivity contribution in [3.63, 3.8) is 0 Å². The SMILES string of the molecule is COc1ccc2c(c1)OC(C)(C)C(c1ccccc1)=C2c1ccc2c(c1)NCCO2. The van der Waals surface area contributed by atoms with Crippen LogP contribution in [-0.2, 0) is 0 Å². The van der Waals surface area contributed by atoms with Gasteiger partial charge >= 0.3 is 0 Å². The number of nitrogens with one attached hydrogen (secondary N) is 1. The van der Waals surface area contributed by atoms with Crippen LogP contribution in [0.15, 0.2) is 66.7 Å². The van der Waals surface area contributed by atoms with Crippen LogP contribution in [-0.4, -0.2) is 25.9 Å². The fourth-order valence-corrected chi connectivity index (χ4v) is 4.38. The van der Waals surface area contributed by atoms with Gasteiger partial charge in [0.15, 0.2) is 0 Å². The third-order valence-corrected chi connectivity index (χ3v) is 5.68. The molecule has 0 spiro atoms. The van der Waals surface area contributed by atoms with E-state index in [1.807, 2.05) is 18.2 Å². The summed E-state index contributed by atoms with van der Waals surface area (Å²) in [5.41, 5.74) is 6.19. The summed E-state index contributed by atoms with van der Waals surface area (Å²) in [5, 5.41) is 3.46. The number of hydrogen-bond donors (Lipinski definition) is 1. The van der Waals surface area contributed by atoms with E-state index in [0.717, 1.165) is 51.7 Å². The van der Waals surface area contributed by atoms with Gasteiger partial charge in [0.1, 0.15) is 29.5 Å². The van der Waals surface area contributed by atoms with E-state index >= 15 is 0 Å². The second-order valence-corrected chi connectivity index (χ2v) is 8.08. The number of hydrogen-bond acceptors (Lipinski definition) is 4. The van der Waals surface area contributed by atoms with Gasteiger partial charge in [0.2, 0.25) is 0 Å². The monoisotopic (exact) mass is 399 g/mol. The van der Waals surface area contributed by atoms with Crippen LogP contribution < -0.4 is 19.5 Å². The highest BCUT2D eigenvalue weighted by Crippen LogP contribution is 2.49. The molecule has 0 unspecified atom stereocenters. The molecule has 2 heterocycles. The van der Waals surface area contributed by atoms with E-state index in [-0.39, 0.29) is 0 Å². The Morgan fingerprint density at radius 3 is 2.53 bits per heavy atom. The summed E-state index contributed by atoms with van der Waals surface area (Å²) in [7, 11) is 1.68. The molecular formula is C26H25NO3. The fraction of sp³-hybridized carbons (Fsp3) is 0.231. The first kappa shape index (κ1) is 18.6. The lowest BCUT2D eigenvalue weighted by atomic mass is 9.79.